The zero-order valence-electron chi connectivity index (χ0n) is 20.5. The lowest BCUT2D eigenvalue weighted by Crippen LogP contribution is -2.56. The van der Waals surface area contributed by atoms with Crippen LogP contribution in [0.25, 0.3) is 0 Å². The van der Waals surface area contributed by atoms with Crippen molar-refractivity contribution in [2.45, 2.75) is 58.3 Å². The summed E-state index contributed by atoms with van der Waals surface area (Å²) in [5.74, 6) is -3.06. The van der Waals surface area contributed by atoms with Crippen molar-refractivity contribution in [3.05, 3.63) is 23.8 Å². The van der Waals surface area contributed by atoms with Crippen LogP contribution >= 0.6 is 0 Å². The zero-order valence-corrected chi connectivity index (χ0v) is 20.5. The number of ether oxygens (including phenoxy) is 4. The Labute approximate surface area is 203 Å². The molecule has 2 heterocycles. The van der Waals surface area contributed by atoms with Crippen LogP contribution in [-0.4, -0.2) is 74.3 Å². The van der Waals surface area contributed by atoms with Gasteiger partial charge in [0.25, 0.3) is 5.91 Å². The van der Waals surface area contributed by atoms with Crippen molar-refractivity contribution in [2.75, 3.05) is 36.6 Å². The summed E-state index contributed by atoms with van der Waals surface area (Å²) in [7, 11) is 1.24. The van der Waals surface area contributed by atoms with E-state index in [1.807, 2.05) is 0 Å². The minimum Gasteiger partial charge on any atom is -0.468 e. The van der Waals surface area contributed by atoms with Gasteiger partial charge >= 0.3 is 17.9 Å². The molecule has 2 aliphatic rings. The van der Waals surface area contributed by atoms with E-state index in [1.54, 1.807) is 39.0 Å². The number of hydrogen-bond donors (Lipinski definition) is 0. The molecule has 1 aromatic rings. The van der Waals surface area contributed by atoms with Crippen LogP contribution in [0.1, 0.15) is 39.7 Å². The molecule has 0 unspecified atom stereocenters. The minimum atomic E-state index is -1.59. The molecule has 0 radical (unpaired) electrons. The van der Waals surface area contributed by atoms with Crippen molar-refractivity contribution in [1.82, 2.24) is 0 Å². The van der Waals surface area contributed by atoms with Crippen molar-refractivity contribution >= 4 is 41.1 Å². The fourth-order valence-corrected chi connectivity index (χ4v) is 3.91. The number of aryl methyl sites for hydroxylation is 1. The Kier molecular flexibility index (Phi) is 7.79. The van der Waals surface area contributed by atoms with E-state index >= 15 is 0 Å². The number of esters is 3. The van der Waals surface area contributed by atoms with Crippen molar-refractivity contribution in [3.8, 4) is 0 Å². The van der Waals surface area contributed by atoms with E-state index in [0.717, 1.165) is 12.5 Å². The topological polar surface area (TPSA) is 129 Å². The lowest BCUT2D eigenvalue weighted by atomic mass is 9.99. The standard InChI is InChI=1S/C24H30N2O9/c1-14(27)34-21(23(31)35-24(2,3)4)20-22(30)25(10-11-33-20)16-8-6-15-7-9-18(28)26(17(15)12-16)13-19(29)32-5/h6,8,12,20-21H,7,9-11,13H2,1-5H3/t20-,21-/m1/s1. The zero-order chi connectivity index (χ0) is 25.9. The van der Waals surface area contributed by atoms with E-state index < -0.39 is 41.6 Å². The number of nitrogens with zero attached hydrogens (tertiary/aromatic N) is 2. The summed E-state index contributed by atoms with van der Waals surface area (Å²) in [6, 6.07) is 5.15. The number of hydrogen-bond acceptors (Lipinski definition) is 9. The summed E-state index contributed by atoms with van der Waals surface area (Å²) < 4.78 is 20.7. The highest BCUT2D eigenvalue weighted by Crippen LogP contribution is 2.33. The fraction of sp³-hybridized carbons (Fsp3) is 0.542. The molecule has 1 saturated heterocycles. The Balaban J connectivity index is 1.91. The molecule has 0 saturated carbocycles. The molecule has 1 aromatic carbocycles. The normalized spacial score (nSPS) is 19.1. The van der Waals surface area contributed by atoms with E-state index in [4.69, 9.17) is 18.9 Å². The van der Waals surface area contributed by atoms with Gasteiger partial charge in [-0.3, -0.25) is 19.2 Å². The average Bonchev–Trinajstić information content (AvgIpc) is 2.78. The molecule has 2 atom stereocenters. The highest BCUT2D eigenvalue weighted by Gasteiger charge is 2.44. The highest BCUT2D eigenvalue weighted by atomic mass is 16.6. The number of benzene rings is 1. The Morgan fingerprint density at radius 2 is 1.89 bits per heavy atom. The molecular weight excluding hydrogens is 460 g/mol. The first-order valence-electron chi connectivity index (χ1n) is 11.2. The van der Waals surface area contributed by atoms with Gasteiger partial charge in [0.1, 0.15) is 12.1 Å². The molecule has 190 valence electrons. The molecule has 0 aromatic heterocycles. The third kappa shape index (κ3) is 6.16. The molecule has 0 bridgehead atoms. The van der Waals surface area contributed by atoms with Gasteiger partial charge in [-0.25, -0.2) is 4.79 Å². The summed E-state index contributed by atoms with van der Waals surface area (Å²) in [4.78, 5) is 64.9. The second kappa shape index (κ2) is 10.4. The molecule has 11 heteroatoms. The maximum absolute atomic E-state index is 13.4. The summed E-state index contributed by atoms with van der Waals surface area (Å²) in [5, 5.41) is 0. The van der Waals surface area contributed by atoms with E-state index in [9.17, 15) is 24.0 Å². The fourth-order valence-electron chi connectivity index (χ4n) is 3.91. The van der Waals surface area contributed by atoms with Crippen LogP contribution in [0.3, 0.4) is 0 Å². The van der Waals surface area contributed by atoms with Gasteiger partial charge < -0.3 is 28.7 Å². The predicted octanol–water partition coefficient (Wildman–Crippen LogP) is 1.14. The second-order valence-corrected chi connectivity index (χ2v) is 9.21. The summed E-state index contributed by atoms with van der Waals surface area (Å²) in [6.07, 6.45) is -2.25. The van der Waals surface area contributed by atoms with Crippen LogP contribution in [0.15, 0.2) is 18.2 Å². The molecular formula is C24H30N2O9. The maximum atomic E-state index is 13.4. The highest BCUT2D eigenvalue weighted by molar-refractivity contribution is 6.03. The monoisotopic (exact) mass is 490 g/mol. The Morgan fingerprint density at radius 3 is 2.51 bits per heavy atom. The van der Waals surface area contributed by atoms with E-state index in [0.29, 0.717) is 17.8 Å². The summed E-state index contributed by atoms with van der Waals surface area (Å²) >= 11 is 0. The van der Waals surface area contributed by atoms with Crippen LogP contribution in [0.2, 0.25) is 0 Å². The van der Waals surface area contributed by atoms with Crippen molar-refractivity contribution in [1.29, 1.82) is 0 Å². The van der Waals surface area contributed by atoms with Crippen LogP contribution in [-0.2, 0) is 49.3 Å². The van der Waals surface area contributed by atoms with Crippen LogP contribution in [0.4, 0.5) is 11.4 Å². The van der Waals surface area contributed by atoms with Crippen LogP contribution in [0, 0.1) is 0 Å². The smallest absolute Gasteiger partial charge is 0.351 e. The summed E-state index contributed by atoms with van der Waals surface area (Å²) in [6.45, 7) is 6.07. The van der Waals surface area contributed by atoms with E-state index in [-0.39, 0.29) is 32.0 Å². The van der Waals surface area contributed by atoms with Gasteiger partial charge in [0.15, 0.2) is 6.10 Å². The SMILES string of the molecule is COC(=O)CN1C(=O)CCc2ccc(N3CCO[C@H]([C@@H](OC(C)=O)C(=O)OC(C)(C)C)C3=O)cc21. The summed E-state index contributed by atoms with van der Waals surface area (Å²) in [5.41, 5.74) is 0.920. The molecule has 0 N–H and O–H groups in total. The third-order valence-electron chi connectivity index (χ3n) is 5.42. The molecule has 3 rings (SSSR count). The first kappa shape index (κ1) is 26.1. The first-order valence-corrected chi connectivity index (χ1v) is 11.2. The van der Waals surface area contributed by atoms with Crippen molar-refractivity contribution in [3.63, 3.8) is 0 Å². The lowest BCUT2D eigenvalue weighted by Gasteiger charge is -2.36. The van der Waals surface area contributed by atoms with Gasteiger partial charge in [-0.2, -0.15) is 0 Å². The molecule has 1 fully saturated rings. The quantitative estimate of drug-likeness (QED) is 0.426. The number of anilines is 2. The number of methoxy groups -OCH3 is 1. The van der Waals surface area contributed by atoms with E-state index in [1.165, 1.54) is 16.9 Å². The van der Waals surface area contributed by atoms with Gasteiger partial charge in [0, 0.05) is 31.3 Å². The van der Waals surface area contributed by atoms with Gasteiger partial charge in [-0.1, -0.05) is 6.07 Å². The minimum absolute atomic E-state index is 0.0683. The Bertz CT molecular complexity index is 1030. The molecule has 2 aliphatic heterocycles. The number of fused-ring (bicyclic) bond motifs is 1. The van der Waals surface area contributed by atoms with Crippen molar-refractivity contribution < 1.29 is 42.9 Å². The Morgan fingerprint density at radius 1 is 1.17 bits per heavy atom. The molecule has 35 heavy (non-hydrogen) atoms. The third-order valence-corrected chi connectivity index (χ3v) is 5.42. The lowest BCUT2D eigenvalue weighted by molar-refractivity contribution is -0.188. The van der Waals surface area contributed by atoms with Crippen LogP contribution in [0.5, 0.6) is 0 Å². The first-order chi connectivity index (χ1) is 16.4. The number of carbonyl (C=O) groups is 5. The number of rotatable bonds is 6. The maximum Gasteiger partial charge on any atom is 0.351 e. The second-order valence-electron chi connectivity index (χ2n) is 9.21. The predicted molar refractivity (Wildman–Crippen MR) is 123 cm³/mol. The average molecular weight is 491 g/mol. The van der Waals surface area contributed by atoms with Gasteiger partial charge in [0.05, 0.1) is 13.7 Å². The van der Waals surface area contributed by atoms with Gasteiger partial charge in [-0.05, 0) is 44.9 Å². The molecule has 0 spiro atoms. The van der Waals surface area contributed by atoms with Gasteiger partial charge in [-0.15, -0.1) is 0 Å². The largest absolute Gasteiger partial charge is 0.468 e. The number of amides is 2. The molecule has 2 amide bonds. The number of morpholine rings is 1. The van der Waals surface area contributed by atoms with Gasteiger partial charge in [0.2, 0.25) is 12.0 Å². The number of carbonyl (C=O) groups excluding carboxylic acids is 5. The molecule has 0 aliphatic carbocycles. The van der Waals surface area contributed by atoms with Crippen molar-refractivity contribution in [2.24, 2.45) is 0 Å². The van der Waals surface area contributed by atoms with Crippen LogP contribution < -0.4 is 9.80 Å². The Hall–Kier alpha value is -3.47. The van der Waals surface area contributed by atoms with E-state index in [2.05, 4.69) is 0 Å². The molecule has 11 nitrogen and oxygen atoms in total.